The fourth-order valence-corrected chi connectivity index (χ4v) is 1.91. The quantitative estimate of drug-likeness (QED) is 0.648. The van der Waals surface area contributed by atoms with E-state index in [1.807, 2.05) is 12.1 Å². The number of aliphatic hydroxyl groups excluding tert-OH is 1. The third-order valence-electron chi connectivity index (χ3n) is 2.65. The molecule has 0 saturated carbocycles. The van der Waals surface area contributed by atoms with Gasteiger partial charge < -0.3 is 5.11 Å². The van der Waals surface area contributed by atoms with Gasteiger partial charge in [0.15, 0.2) is 0 Å². The molecule has 1 aliphatic rings. The number of hydrogen-bond donors (Lipinski definition) is 1. The molecule has 1 nitrogen and oxygen atoms in total. The summed E-state index contributed by atoms with van der Waals surface area (Å²) in [7, 11) is 0. The van der Waals surface area contributed by atoms with Gasteiger partial charge in [-0.3, -0.25) is 0 Å². The van der Waals surface area contributed by atoms with Crippen LogP contribution in [-0.2, 0) is 0 Å². The van der Waals surface area contributed by atoms with Crippen molar-refractivity contribution >= 4 is 0 Å². The van der Waals surface area contributed by atoms with Crippen molar-refractivity contribution in [3.05, 3.63) is 47.5 Å². The average molecular weight is 174 g/mol. The van der Waals surface area contributed by atoms with Crippen LogP contribution < -0.4 is 0 Å². The Labute approximate surface area is 78.7 Å². The van der Waals surface area contributed by atoms with Crippen LogP contribution in [0.25, 0.3) is 0 Å². The van der Waals surface area contributed by atoms with Crippen LogP contribution in [0.4, 0.5) is 0 Å². The van der Waals surface area contributed by atoms with Crippen LogP contribution >= 0.6 is 0 Å². The second kappa shape index (κ2) is 3.35. The second-order valence-electron chi connectivity index (χ2n) is 3.65. The van der Waals surface area contributed by atoms with E-state index in [0.717, 1.165) is 6.42 Å². The number of aliphatic hydroxyl groups is 1. The van der Waals surface area contributed by atoms with Crippen LogP contribution in [-0.4, -0.2) is 11.2 Å². The van der Waals surface area contributed by atoms with Crippen molar-refractivity contribution in [1.82, 2.24) is 0 Å². The van der Waals surface area contributed by atoms with Gasteiger partial charge in [-0.25, -0.2) is 0 Å². The van der Waals surface area contributed by atoms with E-state index in [9.17, 15) is 5.11 Å². The number of aryl methyl sites for hydroxylation is 1. The van der Waals surface area contributed by atoms with Gasteiger partial charge in [-0.1, -0.05) is 36.4 Å². The third kappa shape index (κ3) is 1.65. The average Bonchev–Trinajstić information content (AvgIpc) is 2.53. The van der Waals surface area contributed by atoms with Gasteiger partial charge in [-0.2, -0.15) is 0 Å². The largest absolute Gasteiger partial charge is 0.389 e. The highest BCUT2D eigenvalue weighted by molar-refractivity contribution is 5.34. The van der Waals surface area contributed by atoms with Crippen molar-refractivity contribution in [3.63, 3.8) is 0 Å². The van der Waals surface area contributed by atoms with E-state index in [4.69, 9.17) is 0 Å². The molecule has 0 aliphatic heterocycles. The van der Waals surface area contributed by atoms with Crippen LogP contribution in [0.3, 0.4) is 0 Å². The predicted octanol–water partition coefficient (Wildman–Crippen LogP) is 2.40. The Bertz CT molecular complexity index is 328. The molecule has 1 N–H and O–H groups in total. The zero-order chi connectivity index (χ0) is 9.26. The normalized spacial score (nSPS) is 26.6. The summed E-state index contributed by atoms with van der Waals surface area (Å²) in [6, 6.07) is 8.37. The monoisotopic (exact) mass is 174 g/mol. The molecular formula is C12H14O. The molecule has 1 aromatic rings. The van der Waals surface area contributed by atoms with Crippen molar-refractivity contribution < 1.29 is 5.11 Å². The van der Waals surface area contributed by atoms with E-state index in [0.29, 0.717) is 5.92 Å². The Balaban J connectivity index is 2.27. The predicted molar refractivity (Wildman–Crippen MR) is 53.7 cm³/mol. The molecule has 2 unspecified atom stereocenters. The molecule has 1 aromatic carbocycles. The SMILES string of the molecule is Cc1ccccc1C1C=CC(O)C1. The van der Waals surface area contributed by atoms with Gasteiger partial charge in [-0.05, 0) is 24.5 Å². The van der Waals surface area contributed by atoms with E-state index in [1.165, 1.54) is 11.1 Å². The fourth-order valence-electron chi connectivity index (χ4n) is 1.91. The first-order valence-corrected chi connectivity index (χ1v) is 4.69. The van der Waals surface area contributed by atoms with Gasteiger partial charge in [0.05, 0.1) is 6.10 Å². The molecule has 0 saturated heterocycles. The number of allylic oxidation sites excluding steroid dienone is 1. The van der Waals surface area contributed by atoms with E-state index >= 15 is 0 Å². The summed E-state index contributed by atoms with van der Waals surface area (Å²) in [5, 5.41) is 9.36. The standard InChI is InChI=1S/C12H14O/c1-9-4-2-3-5-12(9)10-6-7-11(13)8-10/h2-7,10-11,13H,8H2,1H3. The molecule has 0 amide bonds. The molecule has 0 spiro atoms. The minimum atomic E-state index is -0.246. The molecule has 0 radical (unpaired) electrons. The van der Waals surface area contributed by atoms with Crippen LogP contribution in [0.5, 0.6) is 0 Å². The Kier molecular flexibility index (Phi) is 2.19. The van der Waals surface area contributed by atoms with Crippen LogP contribution in [0.15, 0.2) is 36.4 Å². The molecule has 2 atom stereocenters. The second-order valence-corrected chi connectivity index (χ2v) is 3.65. The van der Waals surface area contributed by atoms with Gasteiger partial charge >= 0.3 is 0 Å². The number of hydrogen-bond acceptors (Lipinski definition) is 1. The number of rotatable bonds is 1. The van der Waals surface area contributed by atoms with Crippen molar-refractivity contribution in [1.29, 1.82) is 0 Å². The van der Waals surface area contributed by atoms with Crippen LogP contribution in [0.2, 0.25) is 0 Å². The lowest BCUT2D eigenvalue weighted by Gasteiger charge is -2.11. The Morgan fingerprint density at radius 3 is 2.62 bits per heavy atom. The molecule has 68 valence electrons. The fraction of sp³-hybridized carbons (Fsp3) is 0.333. The lowest BCUT2D eigenvalue weighted by atomic mass is 9.94. The van der Waals surface area contributed by atoms with Gasteiger partial charge in [0.1, 0.15) is 0 Å². The summed E-state index contributed by atoms with van der Waals surface area (Å²) in [4.78, 5) is 0. The van der Waals surface area contributed by atoms with Gasteiger partial charge in [0.25, 0.3) is 0 Å². The molecule has 1 aliphatic carbocycles. The maximum Gasteiger partial charge on any atom is 0.0729 e. The zero-order valence-electron chi connectivity index (χ0n) is 7.77. The summed E-state index contributed by atoms with van der Waals surface area (Å²) in [6.07, 6.45) is 4.58. The van der Waals surface area contributed by atoms with E-state index in [2.05, 4.69) is 31.2 Å². The molecule has 2 rings (SSSR count). The topological polar surface area (TPSA) is 20.2 Å². The van der Waals surface area contributed by atoms with Crippen molar-refractivity contribution in [3.8, 4) is 0 Å². The molecule has 1 heteroatoms. The minimum absolute atomic E-state index is 0.246. The smallest absolute Gasteiger partial charge is 0.0729 e. The molecule has 0 fully saturated rings. The van der Waals surface area contributed by atoms with Crippen LogP contribution in [0.1, 0.15) is 23.5 Å². The van der Waals surface area contributed by atoms with Crippen molar-refractivity contribution in [2.75, 3.05) is 0 Å². The van der Waals surface area contributed by atoms with E-state index in [-0.39, 0.29) is 6.10 Å². The van der Waals surface area contributed by atoms with Gasteiger partial charge in [-0.15, -0.1) is 0 Å². The Morgan fingerprint density at radius 1 is 1.23 bits per heavy atom. The summed E-state index contributed by atoms with van der Waals surface area (Å²) in [6.45, 7) is 2.12. The minimum Gasteiger partial charge on any atom is -0.389 e. The first kappa shape index (κ1) is 8.52. The van der Waals surface area contributed by atoms with Gasteiger partial charge in [0, 0.05) is 5.92 Å². The first-order valence-electron chi connectivity index (χ1n) is 4.69. The molecule has 0 bridgehead atoms. The Morgan fingerprint density at radius 2 is 2.00 bits per heavy atom. The first-order chi connectivity index (χ1) is 6.27. The number of benzene rings is 1. The highest BCUT2D eigenvalue weighted by Gasteiger charge is 2.18. The van der Waals surface area contributed by atoms with Crippen molar-refractivity contribution in [2.24, 2.45) is 0 Å². The molecule has 13 heavy (non-hydrogen) atoms. The maximum absolute atomic E-state index is 9.36. The molecule has 0 heterocycles. The van der Waals surface area contributed by atoms with E-state index < -0.39 is 0 Å². The lowest BCUT2D eigenvalue weighted by molar-refractivity contribution is 0.218. The summed E-state index contributed by atoms with van der Waals surface area (Å²) < 4.78 is 0. The van der Waals surface area contributed by atoms with E-state index in [1.54, 1.807) is 0 Å². The van der Waals surface area contributed by atoms with Crippen molar-refractivity contribution in [2.45, 2.75) is 25.4 Å². The summed E-state index contributed by atoms with van der Waals surface area (Å²) in [5.41, 5.74) is 2.65. The highest BCUT2D eigenvalue weighted by Crippen LogP contribution is 2.30. The summed E-state index contributed by atoms with van der Waals surface area (Å²) >= 11 is 0. The van der Waals surface area contributed by atoms with Gasteiger partial charge in [0.2, 0.25) is 0 Å². The lowest BCUT2D eigenvalue weighted by Crippen LogP contribution is -2.01. The molecular weight excluding hydrogens is 160 g/mol. The molecule has 0 aromatic heterocycles. The Hall–Kier alpha value is -1.08. The zero-order valence-corrected chi connectivity index (χ0v) is 7.77. The maximum atomic E-state index is 9.36. The van der Waals surface area contributed by atoms with Crippen LogP contribution in [0, 0.1) is 6.92 Å². The summed E-state index contributed by atoms with van der Waals surface area (Å²) in [5.74, 6) is 0.413. The third-order valence-corrected chi connectivity index (χ3v) is 2.65. The highest BCUT2D eigenvalue weighted by atomic mass is 16.3.